The molecule has 0 aliphatic heterocycles. The lowest BCUT2D eigenvalue weighted by Crippen LogP contribution is -2.51. The van der Waals surface area contributed by atoms with Crippen LogP contribution >= 0.6 is 0 Å². The molecule has 1 aromatic heterocycles. The third-order valence-corrected chi connectivity index (χ3v) is 2.91. The van der Waals surface area contributed by atoms with Crippen molar-refractivity contribution in [2.24, 2.45) is 0 Å². The molecular formula is C12H17N3O3. The fraction of sp³-hybridized carbons (Fsp3) is 0.500. The number of hydrogen-bond donors (Lipinski definition) is 2. The van der Waals surface area contributed by atoms with Crippen LogP contribution in [0.5, 0.6) is 0 Å². The fourth-order valence-corrected chi connectivity index (χ4v) is 1.39. The Morgan fingerprint density at radius 1 is 1.39 bits per heavy atom. The average Bonchev–Trinajstić information content (AvgIpc) is 2.31. The van der Waals surface area contributed by atoms with E-state index >= 15 is 0 Å². The molecule has 1 amide bonds. The smallest absolute Gasteiger partial charge is 0.329 e. The number of rotatable bonds is 4. The Morgan fingerprint density at radius 2 is 2.00 bits per heavy atom. The molecule has 1 rings (SSSR count). The first-order chi connectivity index (χ1) is 8.30. The minimum absolute atomic E-state index is 0.296. The van der Waals surface area contributed by atoms with E-state index in [4.69, 9.17) is 5.11 Å². The highest BCUT2D eigenvalue weighted by molar-refractivity contribution is 5.98. The molecule has 0 aromatic carbocycles. The normalized spacial score (nSPS) is 13.8. The van der Waals surface area contributed by atoms with Gasteiger partial charge in [-0.3, -0.25) is 4.79 Å². The summed E-state index contributed by atoms with van der Waals surface area (Å²) in [5.41, 5.74) is 0.158. The van der Waals surface area contributed by atoms with Crippen molar-refractivity contribution in [1.29, 1.82) is 0 Å². The molecule has 0 aliphatic rings. The minimum atomic E-state index is -1.28. The maximum atomic E-state index is 12.1. The zero-order valence-corrected chi connectivity index (χ0v) is 10.9. The van der Waals surface area contributed by atoms with E-state index in [-0.39, 0.29) is 0 Å². The van der Waals surface area contributed by atoms with Gasteiger partial charge in [-0.2, -0.15) is 10.2 Å². The molecule has 1 unspecified atom stereocenters. The summed E-state index contributed by atoms with van der Waals surface area (Å²) in [5.74, 6) is -1.51. The molecule has 0 spiro atoms. The molecule has 6 nitrogen and oxygen atoms in total. The number of aryl methyl sites for hydroxylation is 2. The summed E-state index contributed by atoms with van der Waals surface area (Å²) in [6, 6.07) is 1.59. The number of carbonyl (C=O) groups is 2. The van der Waals surface area contributed by atoms with Gasteiger partial charge in [0.15, 0.2) is 0 Å². The van der Waals surface area contributed by atoms with Gasteiger partial charge < -0.3 is 10.4 Å². The molecule has 0 saturated heterocycles. The second-order valence-electron chi connectivity index (χ2n) is 4.43. The standard InChI is InChI=1S/C12H17N3O3/c1-5-12(4,11(17)18)13-10(16)9-6-7(2)14-15-8(9)3/h6H,5H2,1-4H3,(H,13,16)(H,17,18). The lowest BCUT2D eigenvalue weighted by atomic mass is 9.98. The highest BCUT2D eigenvalue weighted by Gasteiger charge is 2.33. The lowest BCUT2D eigenvalue weighted by molar-refractivity contribution is -0.143. The van der Waals surface area contributed by atoms with E-state index in [1.165, 1.54) is 6.92 Å². The highest BCUT2D eigenvalue weighted by Crippen LogP contribution is 2.12. The number of aliphatic carboxylic acids is 1. The van der Waals surface area contributed by atoms with Gasteiger partial charge in [-0.25, -0.2) is 4.79 Å². The zero-order chi connectivity index (χ0) is 13.9. The van der Waals surface area contributed by atoms with Crippen molar-refractivity contribution < 1.29 is 14.7 Å². The van der Waals surface area contributed by atoms with Crippen LogP contribution in [0.3, 0.4) is 0 Å². The van der Waals surface area contributed by atoms with Crippen molar-refractivity contribution in [3.05, 3.63) is 23.0 Å². The number of nitrogens with one attached hydrogen (secondary N) is 1. The molecule has 1 heterocycles. The number of carboxylic acids is 1. The molecular weight excluding hydrogens is 234 g/mol. The summed E-state index contributed by atoms with van der Waals surface area (Å²) in [6.07, 6.45) is 0.296. The van der Waals surface area contributed by atoms with Gasteiger partial charge in [-0.15, -0.1) is 0 Å². The second kappa shape index (κ2) is 5.12. The van der Waals surface area contributed by atoms with Crippen molar-refractivity contribution in [3.8, 4) is 0 Å². The van der Waals surface area contributed by atoms with Crippen molar-refractivity contribution in [3.63, 3.8) is 0 Å². The fourth-order valence-electron chi connectivity index (χ4n) is 1.39. The minimum Gasteiger partial charge on any atom is -0.480 e. The Labute approximate surface area is 105 Å². The lowest BCUT2D eigenvalue weighted by Gasteiger charge is -2.24. The zero-order valence-electron chi connectivity index (χ0n) is 10.9. The third kappa shape index (κ3) is 2.82. The summed E-state index contributed by atoms with van der Waals surface area (Å²) in [4.78, 5) is 23.2. The van der Waals surface area contributed by atoms with Gasteiger partial charge in [0.2, 0.25) is 0 Å². The van der Waals surface area contributed by atoms with Crippen LogP contribution in [-0.4, -0.2) is 32.7 Å². The summed E-state index contributed by atoms with van der Waals surface area (Å²) in [5, 5.41) is 19.3. The molecule has 0 saturated carbocycles. The van der Waals surface area contributed by atoms with Gasteiger partial charge in [0.05, 0.1) is 17.0 Å². The molecule has 0 fully saturated rings. The molecule has 0 aliphatic carbocycles. The van der Waals surface area contributed by atoms with Crippen molar-refractivity contribution in [1.82, 2.24) is 15.5 Å². The van der Waals surface area contributed by atoms with E-state index in [0.717, 1.165) is 0 Å². The topological polar surface area (TPSA) is 92.2 Å². The van der Waals surface area contributed by atoms with Gasteiger partial charge in [0.1, 0.15) is 5.54 Å². The SMILES string of the molecule is CCC(C)(NC(=O)c1cc(C)nnc1C)C(=O)O. The van der Waals surface area contributed by atoms with Gasteiger partial charge in [-0.05, 0) is 33.3 Å². The van der Waals surface area contributed by atoms with Gasteiger partial charge in [0.25, 0.3) is 5.91 Å². The van der Waals surface area contributed by atoms with Crippen molar-refractivity contribution in [2.75, 3.05) is 0 Å². The molecule has 0 radical (unpaired) electrons. The number of hydrogen-bond acceptors (Lipinski definition) is 4. The molecule has 0 bridgehead atoms. The number of carboxylic acid groups (broad SMARTS) is 1. The van der Waals surface area contributed by atoms with Gasteiger partial charge in [-0.1, -0.05) is 6.92 Å². The highest BCUT2D eigenvalue weighted by atomic mass is 16.4. The van der Waals surface area contributed by atoms with E-state index in [1.54, 1.807) is 26.8 Å². The Morgan fingerprint density at radius 3 is 2.50 bits per heavy atom. The first kappa shape index (κ1) is 14.1. The monoisotopic (exact) mass is 251 g/mol. The van der Waals surface area contributed by atoms with E-state index < -0.39 is 17.4 Å². The molecule has 98 valence electrons. The van der Waals surface area contributed by atoms with E-state index in [1.807, 2.05) is 0 Å². The summed E-state index contributed by atoms with van der Waals surface area (Å²) in [6.45, 7) is 6.56. The van der Waals surface area contributed by atoms with Gasteiger partial charge in [0, 0.05) is 0 Å². The Balaban J connectivity index is 3.02. The van der Waals surface area contributed by atoms with E-state index in [0.29, 0.717) is 23.4 Å². The van der Waals surface area contributed by atoms with Gasteiger partial charge >= 0.3 is 5.97 Å². The summed E-state index contributed by atoms with van der Waals surface area (Å²) < 4.78 is 0. The average molecular weight is 251 g/mol. The van der Waals surface area contributed by atoms with Crippen LogP contribution in [0.25, 0.3) is 0 Å². The first-order valence-electron chi connectivity index (χ1n) is 5.67. The van der Waals surface area contributed by atoms with Crippen LogP contribution in [0.1, 0.15) is 42.0 Å². The predicted molar refractivity (Wildman–Crippen MR) is 65.3 cm³/mol. The predicted octanol–water partition coefficient (Wildman–Crippen LogP) is 1.08. The molecule has 1 aromatic rings. The van der Waals surface area contributed by atoms with Crippen LogP contribution < -0.4 is 5.32 Å². The van der Waals surface area contributed by atoms with Crippen LogP contribution in [0, 0.1) is 13.8 Å². The Bertz CT molecular complexity index is 487. The first-order valence-corrected chi connectivity index (χ1v) is 5.67. The largest absolute Gasteiger partial charge is 0.480 e. The number of amides is 1. The molecule has 6 heteroatoms. The van der Waals surface area contributed by atoms with Crippen LogP contribution in [0.4, 0.5) is 0 Å². The second-order valence-corrected chi connectivity index (χ2v) is 4.43. The maximum absolute atomic E-state index is 12.1. The van der Waals surface area contributed by atoms with Crippen LogP contribution in [0.15, 0.2) is 6.07 Å². The molecule has 18 heavy (non-hydrogen) atoms. The van der Waals surface area contributed by atoms with Crippen molar-refractivity contribution in [2.45, 2.75) is 39.7 Å². The maximum Gasteiger partial charge on any atom is 0.329 e. The summed E-state index contributed by atoms with van der Waals surface area (Å²) >= 11 is 0. The third-order valence-electron chi connectivity index (χ3n) is 2.91. The van der Waals surface area contributed by atoms with Crippen LogP contribution in [-0.2, 0) is 4.79 Å². The van der Waals surface area contributed by atoms with Crippen LogP contribution in [0.2, 0.25) is 0 Å². The summed E-state index contributed by atoms with van der Waals surface area (Å²) in [7, 11) is 0. The number of nitrogens with zero attached hydrogens (tertiary/aromatic N) is 2. The molecule has 1 atom stereocenters. The van der Waals surface area contributed by atoms with E-state index in [2.05, 4.69) is 15.5 Å². The quantitative estimate of drug-likeness (QED) is 0.835. The number of aromatic nitrogens is 2. The van der Waals surface area contributed by atoms with Crippen molar-refractivity contribution >= 4 is 11.9 Å². The molecule has 2 N–H and O–H groups in total. The number of carbonyl (C=O) groups excluding carboxylic acids is 1. The Kier molecular flexibility index (Phi) is 4.00. The van der Waals surface area contributed by atoms with E-state index in [9.17, 15) is 9.59 Å². The Hall–Kier alpha value is -1.98.